The highest BCUT2D eigenvalue weighted by molar-refractivity contribution is 5.70. The minimum atomic E-state index is -0.439. The summed E-state index contributed by atoms with van der Waals surface area (Å²) in [5, 5.41) is 18.0. The van der Waals surface area contributed by atoms with E-state index >= 15 is 0 Å². The van der Waals surface area contributed by atoms with Gasteiger partial charge in [0.05, 0.1) is 11.1 Å². The Balaban J connectivity index is 2.53. The van der Waals surface area contributed by atoms with E-state index < -0.39 is 4.92 Å². The number of hydrogen-bond donors (Lipinski definition) is 1. The van der Waals surface area contributed by atoms with Gasteiger partial charge in [0, 0.05) is 31.4 Å². The molecule has 0 atom stereocenters. The van der Waals surface area contributed by atoms with Gasteiger partial charge in [-0.3, -0.25) is 14.8 Å². The van der Waals surface area contributed by atoms with Crippen molar-refractivity contribution in [2.45, 2.75) is 6.92 Å². The average Bonchev–Trinajstić information content (AvgIpc) is 2.76. The van der Waals surface area contributed by atoms with Gasteiger partial charge in [-0.15, -0.1) is 0 Å². The molecule has 0 aliphatic rings. The monoisotopic (exact) mass is 247 g/mol. The molecule has 0 amide bonds. The Bertz CT molecular complexity index is 579. The minimum absolute atomic E-state index is 0.0235. The summed E-state index contributed by atoms with van der Waals surface area (Å²) in [4.78, 5) is 14.8. The molecule has 2 rings (SSSR count). The predicted octanol–water partition coefficient (Wildman–Crippen LogP) is 1.82. The van der Waals surface area contributed by atoms with E-state index in [1.165, 1.54) is 6.07 Å². The lowest BCUT2D eigenvalue weighted by Gasteiger charge is -2.04. The van der Waals surface area contributed by atoms with Crippen molar-refractivity contribution in [1.29, 1.82) is 0 Å². The molecule has 0 radical (unpaired) electrons. The maximum atomic E-state index is 11.0. The molecule has 94 valence electrons. The number of nitro groups is 1. The molecule has 0 aromatic carbocycles. The molecular formula is C11H13N5O2. The second-order valence-corrected chi connectivity index (χ2v) is 3.75. The Morgan fingerprint density at radius 1 is 1.50 bits per heavy atom. The number of pyridine rings is 1. The number of aromatic nitrogens is 3. The zero-order chi connectivity index (χ0) is 13.1. The molecule has 7 heteroatoms. The van der Waals surface area contributed by atoms with Crippen LogP contribution in [0.1, 0.15) is 6.92 Å². The first-order chi connectivity index (χ1) is 8.61. The second-order valence-electron chi connectivity index (χ2n) is 3.75. The van der Waals surface area contributed by atoms with E-state index in [-0.39, 0.29) is 5.69 Å². The van der Waals surface area contributed by atoms with Crippen LogP contribution in [0.5, 0.6) is 0 Å². The number of anilines is 1. The molecule has 0 bridgehead atoms. The fourth-order valence-electron chi connectivity index (χ4n) is 1.63. The highest BCUT2D eigenvalue weighted by atomic mass is 16.6. The normalized spacial score (nSPS) is 10.3. The Labute approximate surface area is 104 Å². The number of nitrogens with zero attached hydrogens (tertiary/aromatic N) is 4. The van der Waals surface area contributed by atoms with Crippen molar-refractivity contribution in [3.63, 3.8) is 0 Å². The van der Waals surface area contributed by atoms with E-state index in [1.807, 2.05) is 6.92 Å². The zero-order valence-corrected chi connectivity index (χ0v) is 10.1. The van der Waals surface area contributed by atoms with Gasteiger partial charge in [0.2, 0.25) is 0 Å². The number of hydrogen-bond acceptors (Lipinski definition) is 5. The molecule has 0 spiro atoms. The van der Waals surface area contributed by atoms with E-state index in [0.717, 1.165) is 0 Å². The third kappa shape index (κ3) is 2.29. The molecule has 2 aromatic heterocycles. The standard InChI is InChI=1S/C11H13N5O2/c1-3-12-10-5-4-9(16(17)18)11(14-10)8-6-13-15(2)7-8/h4-7H,3H2,1-2H3,(H,12,14). The van der Waals surface area contributed by atoms with Crippen LogP contribution >= 0.6 is 0 Å². The average molecular weight is 247 g/mol. The summed E-state index contributed by atoms with van der Waals surface area (Å²) < 4.78 is 1.58. The number of rotatable bonds is 4. The molecule has 7 nitrogen and oxygen atoms in total. The van der Waals surface area contributed by atoms with Gasteiger partial charge in [0.15, 0.2) is 5.69 Å². The smallest absolute Gasteiger partial charge is 0.295 e. The number of aryl methyl sites for hydroxylation is 1. The van der Waals surface area contributed by atoms with Gasteiger partial charge < -0.3 is 5.32 Å². The van der Waals surface area contributed by atoms with Crippen LogP contribution in [-0.2, 0) is 7.05 Å². The lowest BCUT2D eigenvalue weighted by atomic mass is 10.2. The van der Waals surface area contributed by atoms with Crippen molar-refractivity contribution in [3.8, 4) is 11.3 Å². The van der Waals surface area contributed by atoms with E-state index in [1.54, 1.807) is 30.2 Å². The van der Waals surface area contributed by atoms with Crippen LogP contribution in [0.25, 0.3) is 11.3 Å². The Hall–Kier alpha value is -2.44. The van der Waals surface area contributed by atoms with Crippen molar-refractivity contribution >= 4 is 11.5 Å². The van der Waals surface area contributed by atoms with Crippen molar-refractivity contribution in [3.05, 3.63) is 34.6 Å². The van der Waals surface area contributed by atoms with E-state index in [0.29, 0.717) is 23.6 Å². The molecule has 0 fully saturated rings. The largest absolute Gasteiger partial charge is 0.370 e. The summed E-state index contributed by atoms with van der Waals surface area (Å²) in [6.45, 7) is 2.64. The molecule has 18 heavy (non-hydrogen) atoms. The van der Waals surface area contributed by atoms with Crippen molar-refractivity contribution in [1.82, 2.24) is 14.8 Å². The third-order valence-electron chi connectivity index (χ3n) is 2.41. The van der Waals surface area contributed by atoms with Crippen molar-refractivity contribution in [2.75, 3.05) is 11.9 Å². The van der Waals surface area contributed by atoms with E-state index in [2.05, 4.69) is 15.4 Å². The van der Waals surface area contributed by atoms with Gasteiger partial charge in [-0.05, 0) is 13.0 Å². The fourth-order valence-corrected chi connectivity index (χ4v) is 1.63. The lowest BCUT2D eigenvalue weighted by molar-refractivity contribution is -0.384. The molecule has 0 aliphatic carbocycles. The predicted molar refractivity (Wildman–Crippen MR) is 67.3 cm³/mol. The van der Waals surface area contributed by atoms with E-state index in [9.17, 15) is 10.1 Å². The molecule has 0 unspecified atom stereocenters. The van der Waals surface area contributed by atoms with Crippen molar-refractivity contribution < 1.29 is 4.92 Å². The first-order valence-corrected chi connectivity index (χ1v) is 5.50. The van der Waals surface area contributed by atoms with Crippen LogP contribution in [0, 0.1) is 10.1 Å². The molecule has 2 aromatic rings. The zero-order valence-electron chi connectivity index (χ0n) is 10.1. The first kappa shape index (κ1) is 12.0. The van der Waals surface area contributed by atoms with Gasteiger partial charge in [-0.2, -0.15) is 5.10 Å². The van der Waals surface area contributed by atoms with Gasteiger partial charge in [0.25, 0.3) is 5.69 Å². The van der Waals surface area contributed by atoms with Crippen LogP contribution in [0.15, 0.2) is 24.5 Å². The summed E-state index contributed by atoms with van der Waals surface area (Å²) in [6, 6.07) is 3.05. The summed E-state index contributed by atoms with van der Waals surface area (Å²) >= 11 is 0. The molecule has 0 saturated carbocycles. The fraction of sp³-hybridized carbons (Fsp3) is 0.273. The summed E-state index contributed by atoms with van der Waals surface area (Å²) in [5.41, 5.74) is 0.931. The third-order valence-corrected chi connectivity index (χ3v) is 2.41. The van der Waals surface area contributed by atoms with Crippen LogP contribution < -0.4 is 5.32 Å². The summed E-state index contributed by atoms with van der Waals surface area (Å²) in [7, 11) is 1.75. The maximum Gasteiger partial charge on any atom is 0.295 e. The summed E-state index contributed by atoms with van der Waals surface area (Å²) in [6.07, 6.45) is 3.26. The minimum Gasteiger partial charge on any atom is -0.370 e. The molecule has 2 heterocycles. The van der Waals surface area contributed by atoms with Gasteiger partial charge in [0.1, 0.15) is 5.82 Å². The van der Waals surface area contributed by atoms with Crippen LogP contribution in [0.4, 0.5) is 11.5 Å². The Kier molecular flexibility index (Phi) is 3.22. The van der Waals surface area contributed by atoms with E-state index in [4.69, 9.17) is 0 Å². The number of nitrogens with one attached hydrogen (secondary N) is 1. The SMILES string of the molecule is CCNc1ccc([N+](=O)[O-])c(-c2cnn(C)c2)n1. The molecule has 0 aliphatic heterocycles. The van der Waals surface area contributed by atoms with Crippen LogP contribution in [0.2, 0.25) is 0 Å². The van der Waals surface area contributed by atoms with Gasteiger partial charge in [-0.1, -0.05) is 0 Å². The molecule has 1 N–H and O–H groups in total. The van der Waals surface area contributed by atoms with Gasteiger partial charge in [-0.25, -0.2) is 4.98 Å². The summed E-state index contributed by atoms with van der Waals surface area (Å²) in [5.74, 6) is 0.613. The Morgan fingerprint density at radius 3 is 2.83 bits per heavy atom. The Morgan fingerprint density at radius 2 is 2.28 bits per heavy atom. The highest BCUT2D eigenvalue weighted by Gasteiger charge is 2.18. The van der Waals surface area contributed by atoms with Gasteiger partial charge >= 0.3 is 0 Å². The maximum absolute atomic E-state index is 11.0. The molecular weight excluding hydrogens is 234 g/mol. The quantitative estimate of drug-likeness (QED) is 0.657. The first-order valence-electron chi connectivity index (χ1n) is 5.50. The second kappa shape index (κ2) is 4.82. The van der Waals surface area contributed by atoms with Crippen LogP contribution in [0.3, 0.4) is 0 Å². The molecule has 0 saturated heterocycles. The lowest BCUT2D eigenvalue weighted by Crippen LogP contribution is -2.02. The topological polar surface area (TPSA) is 85.9 Å². The highest BCUT2D eigenvalue weighted by Crippen LogP contribution is 2.28. The van der Waals surface area contributed by atoms with Crippen LogP contribution in [-0.4, -0.2) is 26.2 Å². The van der Waals surface area contributed by atoms with Crippen molar-refractivity contribution in [2.24, 2.45) is 7.05 Å².